The van der Waals surface area contributed by atoms with Crippen molar-refractivity contribution in [2.75, 3.05) is 40.4 Å². The molecule has 2 fully saturated rings. The van der Waals surface area contributed by atoms with Crippen molar-refractivity contribution in [2.45, 2.75) is 270 Å². The van der Waals surface area contributed by atoms with Crippen molar-refractivity contribution < 1.29 is 117 Å². The number of carbonyl (C=O) groups is 16. The van der Waals surface area contributed by atoms with Crippen molar-refractivity contribution in [2.24, 2.45) is 76.2 Å². The first-order valence-electron chi connectivity index (χ1n) is 38.2. The van der Waals surface area contributed by atoms with E-state index in [0.29, 0.717) is 6.42 Å². The Morgan fingerprint density at radius 3 is 1.78 bits per heavy atom. The number of cyclic esters (lactones) is 1. The molecule has 0 bridgehead atoms. The third-order valence-electron chi connectivity index (χ3n) is 21.1. The van der Waals surface area contributed by atoms with Crippen LogP contribution in [0, 0.1) is 53.3 Å². The number of carboxylic acid groups (broad SMARTS) is 2. The van der Waals surface area contributed by atoms with Crippen LogP contribution in [0.1, 0.15) is 179 Å². The summed E-state index contributed by atoms with van der Waals surface area (Å²) in [6.07, 6.45) is -12.7. The molecule has 0 aromatic carbocycles. The molecule has 4 unspecified atom stereocenters. The second-order valence-corrected chi connectivity index (χ2v) is 30.4. The van der Waals surface area contributed by atoms with Crippen LogP contribution >= 0.6 is 0 Å². The predicted molar refractivity (Wildman–Crippen MR) is 399 cm³/mol. The number of carbonyl (C=O) groups excluding carboxylic acids is 14. The number of methoxy groups -OCH3 is 1. The summed E-state index contributed by atoms with van der Waals surface area (Å²) in [4.78, 5) is 231. The molecule has 12 amide bonds. The van der Waals surface area contributed by atoms with E-state index in [4.69, 9.17) is 32.4 Å². The Kier molecular flexibility index (Phi) is 42.4. The number of primary amides is 2. The van der Waals surface area contributed by atoms with Gasteiger partial charge in [0.25, 0.3) is 5.91 Å². The van der Waals surface area contributed by atoms with E-state index in [2.05, 4.69) is 42.5 Å². The van der Waals surface area contributed by atoms with Crippen molar-refractivity contribution in [3.8, 4) is 0 Å². The van der Waals surface area contributed by atoms with Crippen LogP contribution in [-0.2, 0) is 86.2 Å². The number of aliphatic carboxylic acids is 2. The zero-order chi connectivity index (χ0) is 84.8. The minimum Gasteiger partial charge on any atom is -0.481 e. The number of rotatable bonds is 39. The van der Waals surface area contributed by atoms with Crippen LogP contribution < -0.4 is 65.5 Å². The number of aliphatic hydroxyl groups is 4. The molecule has 2 aliphatic rings. The number of carboxylic acids is 2. The molecular weight excluding hydrogens is 1460 g/mol. The van der Waals surface area contributed by atoms with Gasteiger partial charge >= 0.3 is 17.9 Å². The van der Waals surface area contributed by atoms with Crippen LogP contribution in [0.4, 0.5) is 0 Å². The molecule has 22 N–H and O–H groups in total. The van der Waals surface area contributed by atoms with Crippen molar-refractivity contribution in [3.63, 3.8) is 0 Å². The maximum Gasteiger partial charge on any atom is 0.329 e. The Labute approximate surface area is 648 Å². The van der Waals surface area contributed by atoms with Gasteiger partial charge in [-0.05, 0) is 126 Å². The lowest BCUT2D eigenvalue weighted by molar-refractivity contribution is -0.171. The SMILES string of the molecule is CC[C@@H](C)C[C@@H](C)[C@@H](O)[C@@H](C)C(=O)N[C@H](CCCN)C(=O)N[C@@H](CCC(=O)O)[C@@H](O)[C@@H](O)C(=O)N[C@H](C(=O)C1C(=O)N[C@H](CO)C(=O)NC(CCCN)C(=O)N[C@@H](CC(C)C)C(=O)N(C)[C@@H](CCC(N)=O)C(=O)NC([C@@H](C)OC)C(=O)N[C@H](CC(=O)O)C(=O)N2CCCC[C@H]2C(=O)O[C@@H]1C(C)C(C)C)[C@@H](C)[C@@H](C)C(N)=O. The number of hydrogen-bond acceptors (Lipinski definition) is 24. The summed E-state index contributed by atoms with van der Waals surface area (Å²) in [5, 5.41) is 85.7. The van der Waals surface area contributed by atoms with Gasteiger partial charge in [-0.15, -0.1) is 0 Å². The van der Waals surface area contributed by atoms with Gasteiger partial charge in [0.2, 0.25) is 65.0 Å². The summed E-state index contributed by atoms with van der Waals surface area (Å²) in [5.74, 6) is -29.4. The number of likely N-dealkylation sites (N-methyl/N-ethyl adjacent to an activating group) is 1. The predicted octanol–water partition coefficient (Wildman–Crippen LogP) is -3.82. The maximum atomic E-state index is 16.2. The molecule has 111 heavy (non-hydrogen) atoms. The number of amides is 12. The van der Waals surface area contributed by atoms with E-state index < -0.39 is 266 Å². The molecule has 0 radical (unpaired) electrons. The fourth-order valence-corrected chi connectivity index (χ4v) is 13.2. The Hall–Kier alpha value is -8.56. The Bertz CT molecular complexity index is 3180. The van der Waals surface area contributed by atoms with Crippen LogP contribution in [0.25, 0.3) is 0 Å². The average Bonchev–Trinajstić information content (AvgIpc) is 1.23. The normalized spacial score (nSPS) is 24.7. The molecule has 2 aliphatic heterocycles. The number of nitrogens with two attached hydrogens (primary N) is 4. The van der Waals surface area contributed by atoms with Crippen molar-refractivity contribution in [1.29, 1.82) is 0 Å². The number of ether oxygens (including phenoxy) is 2. The molecule has 0 spiro atoms. The first-order chi connectivity index (χ1) is 51.9. The molecule has 2 heterocycles. The molecule has 0 aromatic heterocycles. The first-order valence-corrected chi connectivity index (χ1v) is 38.2. The zero-order valence-corrected chi connectivity index (χ0v) is 66.5. The van der Waals surface area contributed by atoms with E-state index in [1.54, 1.807) is 34.6 Å². The molecule has 0 aromatic rings. The quantitative estimate of drug-likeness (QED) is 0.0207. The molecule has 632 valence electrons. The fourth-order valence-electron chi connectivity index (χ4n) is 13.2. The molecular formula is C73H126N14O24. The average molecular weight is 1580 g/mol. The summed E-state index contributed by atoms with van der Waals surface area (Å²) < 4.78 is 11.8. The standard InChI is InChI=1S/C73H126N14O24/c1-15-36(6)31-37(7)57(94)41(11)63(99)79-44(20-18-27-74)64(100)78-43(23-26-52(90)91)58(95)60(97)70(106)84-55(39(9)40(10)62(77)98)59(96)54-61(38(8)35(4)5)111-73(109)50-22-16-17-29-87(50)72(108)47(32-53(92)93)82-69(105)56(42(12)110-14)85-67(103)49(24-25-51(76)89)86(13)71(107)46(30-34(2)3)81-65(101)45(21-19-28-75)80-66(102)48(33-88)83-68(54)104/h34-50,54-58,60-61,88,94-95,97H,15-33,74-75H2,1-14H3,(H2,76,89)(H2,77,98)(H,78,100)(H,79,99)(H,80,102)(H,81,101)(H,82,105)(H,83,104)(H,84,106)(H,85,103)(H,90,91)(H,92,93)/t36-,37-,38?,39+,40-,41-,42-,43+,44-,45?,46+,47-,48-,49+,50+,54?,55+,56?,57-,58-,60-,61-/m1/s1. The van der Waals surface area contributed by atoms with E-state index in [9.17, 15) is 88.2 Å². The summed E-state index contributed by atoms with van der Waals surface area (Å²) in [6.45, 7) is 17.0. The van der Waals surface area contributed by atoms with E-state index in [1.807, 2.05) is 13.8 Å². The maximum absolute atomic E-state index is 16.2. The minimum atomic E-state index is -2.79. The van der Waals surface area contributed by atoms with Crippen LogP contribution in [0.5, 0.6) is 0 Å². The third-order valence-corrected chi connectivity index (χ3v) is 21.1. The van der Waals surface area contributed by atoms with E-state index in [0.717, 1.165) is 30.4 Å². The summed E-state index contributed by atoms with van der Waals surface area (Å²) in [7, 11) is 2.29. The lowest BCUT2D eigenvalue weighted by atomic mass is 9.76. The highest BCUT2D eigenvalue weighted by Crippen LogP contribution is 2.32. The molecule has 2 saturated heterocycles. The number of aliphatic hydroxyl groups excluding tert-OH is 4. The number of nitrogens with zero attached hydrogens (tertiary/aromatic N) is 2. The molecule has 2 rings (SSSR count). The molecule has 38 nitrogen and oxygen atoms in total. The van der Waals surface area contributed by atoms with Gasteiger partial charge in [-0.3, -0.25) is 71.9 Å². The fraction of sp³-hybridized carbons (Fsp3) is 0.781. The molecule has 22 atom stereocenters. The number of hydrogen-bond donors (Lipinski definition) is 18. The summed E-state index contributed by atoms with van der Waals surface area (Å²) in [6, 6.07) is -18.4. The largest absolute Gasteiger partial charge is 0.481 e. The van der Waals surface area contributed by atoms with Gasteiger partial charge in [0, 0.05) is 39.5 Å². The van der Waals surface area contributed by atoms with E-state index >= 15 is 19.2 Å². The Morgan fingerprint density at radius 2 is 1.24 bits per heavy atom. The molecule has 0 aliphatic carbocycles. The third kappa shape index (κ3) is 30.1. The number of nitrogens with one attached hydrogen (secondary N) is 8. The zero-order valence-electron chi connectivity index (χ0n) is 66.5. The van der Waals surface area contributed by atoms with Crippen LogP contribution in [0.2, 0.25) is 0 Å². The highest BCUT2D eigenvalue weighted by Gasteiger charge is 2.51. The molecule has 0 saturated carbocycles. The van der Waals surface area contributed by atoms with Gasteiger partial charge in [-0.1, -0.05) is 82.6 Å². The number of piperidine rings is 1. The van der Waals surface area contributed by atoms with Gasteiger partial charge in [0.1, 0.15) is 66.5 Å². The Morgan fingerprint density at radius 1 is 0.649 bits per heavy atom. The van der Waals surface area contributed by atoms with Gasteiger partial charge in [-0.2, -0.15) is 0 Å². The van der Waals surface area contributed by atoms with Gasteiger partial charge < -0.3 is 115 Å². The number of fused-ring (bicyclic) bond motifs is 1. The monoisotopic (exact) mass is 1580 g/mol. The van der Waals surface area contributed by atoms with Crippen LogP contribution in [-0.4, -0.2) is 266 Å². The van der Waals surface area contributed by atoms with Crippen LogP contribution in [0.3, 0.4) is 0 Å². The first kappa shape index (κ1) is 98.5. The van der Waals surface area contributed by atoms with E-state index in [-0.39, 0.29) is 82.8 Å². The number of esters is 1. The minimum absolute atomic E-state index is 0.00275. The lowest BCUT2D eigenvalue weighted by Gasteiger charge is -2.40. The summed E-state index contributed by atoms with van der Waals surface area (Å²) >= 11 is 0. The van der Waals surface area contributed by atoms with Gasteiger partial charge in [-0.25, -0.2) is 4.79 Å². The van der Waals surface area contributed by atoms with E-state index in [1.165, 1.54) is 34.6 Å². The highest BCUT2D eigenvalue weighted by atomic mass is 16.5. The Balaban J connectivity index is 3.20. The van der Waals surface area contributed by atoms with Crippen molar-refractivity contribution >= 4 is 94.6 Å². The molecule has 38 heteroatoms. The topological polar surface area (TPSA) is 620 Å². The second kappa shape index (κ2) is 47.7. The van der Waals surface area contributed by atoms with Crippen molar-refractivity contribution in [3.05, 3.63) is 0 Å². The van der Waals surface area contributed by atoms with Crippen molar-refractivity contribution in [1.82, 2.24) is 52.3 Å². The second-order valence-electron chi connectivity index (χ2n) is 30.4. The highest BCUT2D eigenvalue weighted by molar-refractivity contribution is 6.08. The van der Waals surface area contributed by atoms with Crippen LogP contribution in [0.15, 0.2) is 0 Å². The number of Topliss-reactive ketones (excluding diaryl/α,β-unsaturated/α-hetero) is 1. The van der Waals surface area contributed by atoms with Gasteiger partial charge in [0.15, 0.2) is 11.9 Å². The smallest absolute Gasteiger partial charge is 0.329 e. The van der Waals surface area contributed by atoms with Gasteiger partial charge in [0.05, 0.1) is 43.2 Å². The summed E-state index contributed by atoms with van der Waals surface area (Å²) in [5.41, 5.74) is 23.0. The lowest BCUT2D eigenvalue weighted by Crippen LogP contribution is -2.63. The number of ketones is 1.